The number of hydrogen-bond donors (Lipinski definition) is 1. The first-order valence-corrected chi connectivity index (χ1v) is 5.07. The zero-order valence-corrected chi connectivity index (χ0v) is 9.74. The molecule has 0 unspecified atom stereocenters. The smallest absolute Gasteiger partial charge is 0.240 e. The molecule has 0 aliphatic carbocycles. The number of aromatic nitrogens is 1. The van der Waals surface area contributed by atoms with Crippen molar-refractivity contribution in [3.8, 4) is 6.07 Å². The van der Waals surface area contributed by atoms with Crippen LogP contribution in [0.5, 0.6) is 0 Å². The molecule has 0 atom stereocenters. The summed E-state index contributed by atoms with van der Waals surface area (Å²) >= 11 is 0. The van der Waals surface area contributed by atoms with Crippen molar-refractivity contribution in [1.82, 2.24) is 10.3 Å². The Morgan fingerprint density at radius 2 is 2.25 bits per heavy atom. The fraction of sp³-hybridized carbons (Fsp3) is 0.417. The quantitative estimate of drug-likeness (QED) is 0.835. The summed E-state index contributed by atoms with van der Waals surface area (Å²) < 4.78 is 0. The maximum absolute atomic E-state index is 11.6. The van der Waals surface area contributed by atoms with Crippen LogP contribution in [0.3, 0.4) is 0 Å². The normalized spacial score (nSPS) is 10.6. The molecule has 0 aliphatic heterocycles. The third-order valence-electron chi connectivity index (χ3n) is 2.27. The molecular weight excluding hydrogens is 202 g/mol. The zero-order valence-electron chi connectivity index (χ0n) is 9.74. The Kier molecular flexibility index (Phi) is 3.62. The molecule has 1 aromatic heterocycles. The van der Waals surface area contributed by atoms with E-state index >= 15 is 0 Å². The van der Waals surface area contributed by atoms with Gasteiger partial charge in [0.25, 0.3) is 0 Å². The van der Waals surface area contributed by atoms with Gasteiger partial charge in [0.2, 0.25) is 5.91 Å². The highest BCUT2D eigenvalue weighted by Crippen LogP contribution is 2.13. The van der Waals surface area contributed by atoms with Crippen LogP contribution in [0.15, 0.2) is 18.3 Å². The molecule has 0 spiro atoms. The van der Waals surface area contributed by atoms with E-state index in [2.05, 4.69) is 10.3 Å². The standard InChI is InChI=1S/C12H15N3O/c1-9-4-5-10(6-14-9)7-15-11(16)12(2,3)8-13/h4-6H,7H2,1-3H3,(H,15,16). The average Bonchev–Trinajstić information content (AvgIpc) is 2.28. The number of rotatable bonds is 3. The first-order valence-electron chi connectivity index (χ1n) is 5.07. The SMILES string of the molecule is Cc1ccc(CNC(=O)C(C)(C)C#N)cn1. The summed E-state index contributed by atoms with van der Waals surface area (Å²) in [6, 6.07) is 5.75. The van der Waals surface area contributed by atoms with Crippen LogP contribution in [0.1, 0.15) is 25.1 Å². The van der Waals surface area contributed by atoms with Crippen LogP contribution < -0.4 is 5.32 Å². The van der Waals surface area contributed by atoms with E-state index in [-0.39, 0.29) is 5.91 Å². The molecule has 4 nitrogen and oxygen atoms in total. The molecule has 0 aromatic carbocycles. The molecule has 1 amide bonds. The summed E-state index contributed by atoms with van der Waals surface area (Å²) in [6.07, 6.45) is 1.72. The van der Waals surface area contributed by atoms with E-state index in [1.165, 1.54) is 0 Å². The highest BCUT2D eigenvalue weighted by Gasteiger charge is 2.26. The van der Waals surface area contributed by atoms with Crippen molar-refractivity contribution in [3.63, 3.8) is 0 Å². The molecule has 16 heavy (non-hydrogen) atoms. The summed E-state index contributed by atoms with van der Waals surface area (Å²) in [6.45, 7) is 5.49. The molecule has 1 rings (SSSR count). The van der Waals surface area contributed by atoms with Gasteiger partial charge < -0.3 is 5.32 Å². The summed E-state index contributed by atoms with van der Waals surface area (Å²) in [5, 5.41) is 11.5. The number of hydrogen-bond acceptors (Lipinski definition) is 3. The van der Waals surface area contributed by atoms with Crippen LogP contribution in [-0.4, -0.2) is 10.9 Å². The lowest BCUT2D eigenvalue weighted by Crippen LogP contribution is -2.35. The molecule has 0 saturated heterocycles. The number of carbonyl (C=O) groups is 1. The van der Waals surface area contributed by atoms with Crippen molar-refractivity contribution < 1.29 is 4.79 Å². The van der Waals surface area contributed by atoms with Gasteiger partial charge in [-0.25, -0.2) is 0 Å². The van der Waals surface area contributed by atoms with Crippen LogP contribution in [0.4, 0.5) is 0 Å². The highest BCUT2D eigenvalue weighted by atomic mass is 16.2. The molecule has 0 fully saturated rings. The number of nitriles is 1. The molecule has 84 valence electrons. The van der Waals surface area contributed by atoms with E-state index in [0.29, 0.717) is 6.54 Å². The Balaban J connectivity index is 2.56. The van der Waals surface area contributed by atoms with Gasteiger partial charge in [-0.2, -0.15) is 5.26 Å². The topological polar surface area (TPSA) is 65.8 Å². The summed E-state index contributed by atoms with van der Waals surface area (Å²) in [4.78, 5) is 15.7. The molecule has 1 aromatic rings. The minimum Gasteiger partial charge on any atom is -0.351 e. The van der Waals surface area contributed by atoms with Gasteiger partial charge in [0.15, 0.2) is 0 Å². The van der Waals surface area contributed by atoms with Crippen LogP contribution in [0, 0.1) is 23.7 Å². The van der Waals surface area contributed by atoms with Crippen molar-refractivity contribution in [3.05, 3.63) is 29.6 Å². The second-order valence-corrected chi connectivity index (χ2v) is 4.23. The van der Waals surface area contributed by atoms with Gasteiger partial charge in [-0.05, 0) is 32.4 Å². The molecule has 0 bridgehead atoms. The zero-order chi connectivity index (χ0) is 12.2. The van der Waals surface area contributed by atoms with Gasteiger partial charge in [-0.1, -0.05) is 6.07 Å². The van der Waals surface area contributed by atoms with Crippen LogP contribution in [-0.2, 0) is 11.3 Å². The van der Waals surface area contributed by atoms with Crippen LogP contribution in [0.2, 0.25) is 0 Å². The molecule has 1 heterocycles. The first-order chi connectivity index (χ1) is 7.45. The fourth-order valence-corrected chi connectivity index (χ4v) is 1.06. The van der Waals surface area contributed by atoms with Gasteiger partial charge in [-0.15, -0.1) is 0 Å². The van der Waals surface area contributed by atoms with Gasteiger partial charge in [0.1, 0.15) is 5.41 Å². The largest absolute Gasteiger partial charge is 0.351 e. The lowest BCUT2D eigenvalue weighted by atomic mass is 9.95. The Bertz CT molecular complexity index is 415. The number of amides is 1. The van der Waals surface area contributed by atoms with Crippen LogP contribution in [0.25, 0.3) is 0 Å². The van der Waals surface area contributed by atoms with Gasteiger partial charge >= 0.3 is 0 Å². The average molecular weight is 217 g/mol. The van der Waals surface area contributed by atoms with E-state index in [1.54, 1.807) is 20.0 Å². The monoisotopic (exact) mass is 217 g/mol. The second kappa shape index (κ2) is 4.75. The minimum absolute atomic E-state index is 0.268. The van der Waals surface area contributed by atoms with Crippen molar-refractivity contribution >= 4 is 5.91 Å². The van der Waals surface area contributed by atoms with Gasteiger partial charge in [0.05, 0.1) is 6.07 Å². The van der Waals surface area contributed by atoms with E-state index in [4.69, 9.17) is 5.26 Å². The first kappa shape index (κ1) is 12.2. The molecule has 1 N–H and O–H groups in total. The van der Waals surface area contributed by atoms with Crippen molar-refractivity contribution in [1.29, 1.82) is 5.26 Å². The predicted molar refractivity (Wildman–Crippen MR) is 60.2 cm³/mol. The van der Waals surface area contributed by atoms with E-state index in [9.17, 15) is 4.79 Å². The Morgan fingerprint density at radius 3 is 2.75 bits per heavy atom. The fourth-order valence-electron chi connectivity index (χ4n) is 1.06. The molecule has 0 aliphatic rings. The Hall–Kier alpha value is -1.89. The maximum atomic E-state index is 11.6. The highest BCUT2D eigenvalue weighted by molar-refractivity contribution is 5.84. The number of nitrogens with one attached hydrogen (secondary N) is 1. The van der Waals surface area contributed by atoms with Crippen molar-refractivity contribution in [2.45, 2.75) is 27.3 Å². The Labute approximate surface area is 95.3 Å². The minimum atomic E-state index is -0.988. The van der Waals surface area contributed by atoms with Crippen molar-refractivity contribution in [2.75, 3.05) is 0 Å². The second-order valence-electron chi connectivity index (χ2n) is 4.23. The van der Waals surface area contributed by atoms with E-state index in [0.717, 1.165) is 11.3 Å². The van der Waals surface area contributed by atoms with Crippen molar-refractivity contribution in [2.24, 2.45) is 5.41 Å². The van der Waals surface area contributed by atoms with Gasteiger partial charge in [0, 0.05) is 18.4 Å². The summed E-state index contributed by atoms with van der Waals surface area (Å²) in [5.41, 5.74) is 0.873. The number of pyridine rings is 1. The lowest BCUT2D eigenvalue weighted by molar-refractivity contribution is -0.126. The third-order valence-corrected chi connectivity index (χ3v) is 2.27. The number of carbonyl (C=O) groups excluding carboxylic acids is 1. The lowest BCUT2D eigenvalue weighted by Gasteiger charge is -2.14. The summed E-state index contributed by atoms with van der Waals surface area (Å²) in [5.74, 6) is -0.268. The van der Waals surface area contributed by atoms with Gasteiger partial charge in [-0.3, -0.25) is 9.78 Å². The molecular formula is C12H15N3O. The predicted octanol–water partition coefficient (Wildman–Crippen LogP) is 1.56. The van der Waals surface area contributed by atoms with E-state index < -0.39 is 5.41 Å². The molecule has 0 radical (unpaired) electrons. The number of nitrogens with zero attached hydrogens (tertiary/aromatic N) is 2. The number of aryl methyl sites for hydroxylation is 1. The van der Waals surface area contributed by atoms with E-state index in [1.807, 2.05) is 25.1 Å². The maximum Gasteiger partial charge on any atom is 0.240 e. The Morgan fingerprint density at radius 1 is 1.56 bits per heavy atom. The van der Waals surface area contributed by atoms with Crippen LogP contribution >= 0.6 is 0 Å². The molecule has 4 heteroatoms. The summed E-state index contributed by atoms with van der Waals surface area (Å²) in [7, 11) is 0. The molecule has 0 saturated carbocycles. The third kappa shape index (κ3) is 3.06.